The zero-order valence-electron chi connectivity index (χ0n) is 22.7. The Labute approximate surface area is 222 Å². The van der Waals surface area contributed by atoms with Crippen LogP contribution < -0.4 is 10.6 Å². The Morgan fingerprint density at radius 2 is 1.76 bits per heavy atom. The highest BCUT2D eigenvalue weighted by molar-refractivity contribution is 5.51. The Bertz CT molecular complexity index is 1240. The highest BCUT2D eigenvalue weighted by Gasteiger charge is 2.30. The first-order chi connectivity index (χ1) is 17.5. The van der Waals surface area contributed by atoms with Gasteiger partial charge >= 0.3 is 0 Å². The number of rotatable bonds is 12. The molecule has 0 heterocycles. The Hall–Kier alpha value is -3.79. The number of anilines is 1. The van der Waals surface area contributed by atoms with Crippen molar-refractivity contribution in [3.63, 3.8) is 0 Å². The van der Waals surface area contributed by atoms with Crippen molar-refractivity contribution in [2.24, 2.45) is 5.41 Å². The van der Waals surface area contributed by atoms with E-state index >= 15 is 0 Å². The molecule has 0 aromatic heterocycles. The van der Waals surface area contributed by atoms with E-state index in [0.29, 0.717) is 17.8 Å². The molecule has 1 aliphatic rings. The minimum Gasteiger partial charge on any atom is -0.360 e. The lowest BCUT2D eigenvalue weighted by atomic mass is 9.78. The fourth-order valence-corrected chi connectivity index (χ4v) is 4.73. The number of allylic oxidation sites excluding steroid dienone is 6. The summed E-state index contributed by atoms with van der Waals surface area (Å²) in [6.07, 6.45) is 8.84. The highest BCUT2D eigenvalue weighted by Crippen LogP contribution is 2.38. The van der Waals surface area contributed by atoms with Gasteiger partial charge in [-0.25, -0.2) is 4.39 Å². The van der Waals surface area contributed by atoms with Gasteiger partial charge in [0.25, 0.3) is 0 Å². The van der Waals surface area contributed by atoms with Gasteiger partial charge in [-0.1, -0.05) is 81.8 Å². The van der Waals surface area contributed by atoms with Crippen LogP contribution in [0.5, 0.6) is 0 Å². The molecule has 3 nitrogen and oxygen atoms in total. The van der Waals surface area contributed by atoms with Crippen LogP contribution >= 0.6 is 0 Å². The van der Waals surface area contributed by atoms with Crippen molar-refractivity contribution >= 4 is 5.69 Å². The molecule has 0 saturated carbocycles. The predicted octanol–water partition coefficient (Wildman–Crippen LogP) is 8.38. The van der Waals surface area contributed by atoms with E-state index in [9.17, 15) is 4.39 Å². The number of hydrogen-bond acceptors (Lipinski definition) is 3. The topological polar surface area (TPSA) is 27.3 Å². The molecule has 3 rings (SSSR count). The number of hydrogen-bond donors (Lipinski definition) is 2. The van der Waals surface area contributed by atoms with Crippen LogP contribution in [0.4, 0.5) is 10.1 Å². The van der Waals surface area contributed by atoms with E-state index in [1.165, 1.54) is 6.07 Å². The molecule has 2 aromatic carbocycles. The first-order valence-corrected chi connectivity index (χ1v) is 12.7. The zero-order chi connectivity index (χ0) is 27.2. The molecule has 0 amide bonds. The van der Waals surface area contributed by atoms with E-state index < -0.39 is 0 Å². The Morgan fingerprint density at radius 3 is 2.32 bits per heavy atom. The molecule has 0 saturated heterocycles. The van der Waals surface area contributed by atoms with Gasteiger partial charge in [0.2, 0.25) is 0 Å². The van der Waals surface area contributed by atoms with Crippen LogP contribution in [0.15, 0.2) is 122 Å². The zero-order valence-corrected chi connectivity index (χ0v) is 22.7. The lowest BCUT2D eigenvalue weighted by Crippen LogP contribution is -2.39. The molecule has 2 N–H and O–H groups in total. The monoisotopic (exact) mass is 497 g/mol. The van der Waals surface area contributed by atoms with Crippen molar-refractivity contribution in [2.45, 2.75) is 53.0 Å². The van der Waals surface area contributed by atoms with Gasteiger partial charge in [-0.3, -0.25) is 0 Å². The van der Waals surface area contributed by atoms with Crippen molar-refractivity contribution in [3.8, 4) is 0 Å². The molecule has 0 aliphatic heterocycles. The van der Waals surface area contributed by atoms with E-state index in [1.54, 1.807) is 6.07 Å². The summed E-state index contributed by atoms with van der Waals surface area (Å²) in [6.45, 7) is 25.1. The van der Waals surface area contributed by atoms with Gasteiger partial charge in [0, 0.05) is 28.5 Å². The van der Waals surface area contributed by atoms with Crippen LogP contribution in [-0.4, -0.2) is 10.9 Å². The lowest BCUT2D eigenvalue weighted by molar-refractivity contribution is 0.299. The molecular formula is C33H40FN3. The van der Waals surface area contributed by atoms with Crippen molar-refractivity contribution in [2.75, 3.05) is 5.32 Å². The van der Waals surface area contributed by atoms with E-state index in [0.717, 1.165) is 46.8 Å². The molecule has 1 aliphatic carbocycles. The summed E-state index contributed by atoms with van der Waals surface area (Å²) >= 11 is 0. The fourth-order valence-electron chi connectivity index (χ4n) is 4.73. The first-order valence-electron chi connectivity index (χ1n) is 12.7. The van der Waals surface area contributed by atoms with Gasteiger partial charge in [-0.05, 0) is 74.8 Å². The summed E-state index contributed by atoms with van der Waals surface area (Å²) in [5.41, 5.74) is 6.81. The van der Waals surface area contributed by atoms with Crippen molar-refractivity contribution in [1.29, 1.82) is 0 Å². The maximum atomic E-state index is 14.7. The molecule has 194 valence electrons. The maximum absolute atomic E-state index is 14.7. The summed E-state index contributed by atoms with van der Waals surface area (Å²) in [6, 6.07) is 15.2. The Morgan fingerprint density at radius 1 is 1.05 bits per heavy atom. The number of benzene rings is 2. The molecule has 0 spiro atoms. The van der Waals surface area contributed by atoms with Crippen LogP contribution in [0.2, 0.25) is 0 Å². The second kappa shape index (κ2) is 12.0. The minimum atomic E-state index is -0.300. The smallest absolute Gasteiger partial charge is 0.146 e. The summed E-state index contributed by atoms with van der Waals surface area (Å²) < 4.78 is 14.7. The molecule has 4 heteroatoms. The standard InChI is InChI=1S/C33H40FN3/c1-23(2)35-29-16-18-33(8,19-17-29)22-26(6)37(24(3)4)32(21-28-12-10-9-11-13-28)27(7)36-31-15-14-25(5)20-30(31)34/h9-18,20,32,35-36H,1,3,6-7,19,21-22H2,2,4-5,8H3. The number of nitrogens with one attached hydrogen (secondary N) is 2. The SMILES string of the molecule is C=C(C)NC1=CCC(C)(CC(=C)N(C(=C)C)C(Cc2ccccc2)C(=C)Nc2ccc(C)cc2F)C=C1. The fraction of sp³-hybridized carbons (Fsp3) is 0.273. The predicted molar refractivity (Wildman–Crippen MR) is 156 cm³/mol. The largest absolute Gasteiger partial charge is 0.360 e. The second-order valence-corrected chi connectivity index (χ2v) is 10.4. The van der Waals surface area contributed by atoms with Crippen LogP contribution in [0, 0.1) is 18.2 Å². The molecule has 0 radical (unpaired) electrons. The summed E-state index contributed by atoms with van der Waals surface area (Å²) in [4.78, 5) is 2.15. The van der Waals surface area contributed by atoms with Gasteiger partial charge in [0.1, 0.15) is 5.82 Å². The van der Waals surface area contributed by atoms with E-state index in [-0.39, 0.29) is 17.3 Å². The third kappa shape index (κ3) is 7.60. The molecule has 0 bridgehead atoms. The van der Waals surface area contributed by atoms with E-state index in [2.05, 4.69) is 79.1 Å². The normalized spacial score (nSPS) is 17.4. The van der Waals surface area contributed by atoms with Crippen LogP contribution in [0.1, 0.15) is 44.7 Å². The van der Waals surface area contributed by atoms with E-state index in [1.807, 2.05) is 45.0 Å². The maximum Gasteiger partial charge on any atom is 0.146 e. The van der Waals surface area contributed by atoms with Crippen LogP contribution in [0.25, 0.3) is 0 Å². The van der Waals surface area contributed by atoms with E-state index in [4.69, 9.17) is 0 Å². The molecular weight excluding hydrogens is 457 g/mol. The van der Waals surface area contributed by atoms with Crippen molar-refractivity contribution in [3.05, 3.63) is 139 Å². The van der Waals surface area contributed by atoms with Gasteiger partial charge in [0.05, 0.1) is 11.7 Å². The number of aryl methyl sites for hydroxylation is 1. The average molecular weight is 498 g/mol. The average Bonchev–Trinajstić information content (AvgIpc) is 2.82. The molecule has 37 heavy (non-hydrogen) atoms. The number of nitrogens with zero attached hydrogens (tertiary/aromatic N) is 1. The molecule has 2 atom stereocenters. The molecule has 2 aromatic rings. The minimum absolute atomic E-state index is 0.0971. The van der Waals surface area contributed by atoms with Gasteiger partial charge in [0.15, 0.2) is 0 Å². The van der Waals surface area contributed by atoms with Crippen molar-refractivity contribution < 1.29 is 4.39 Å². The lowest BCUT2D eigenvalue weighted by Gasteiger charge is -2.40. The highest BCUT2D eigenvalue weighted by atomic mass is 19.1. The Balaban J connectivity index is 1.87. The van der Waals surface area contributed by atoms with Crippen molar-refractivity contribution in [1.82, 2.24) is 10.2 Å². The van der Waals surface area contributed by atoms with Crippen LogP contribution in [0.3, 0.4) is 0 Å². The number of halogens is 1. The summed E-state index contributed by atoms with van der Waals surface area (Å²) in [7, 11) is 0. The third-order valence-corrected chi connectivity index (χ3v) is 6.58. The second-order valence-electron chi connectivity index (χ2n) is 10.4. The van der Waals surface area contributed by atoms with Gasteiger partial charge in [-0.2, -0.15) is 0 Å². The van der Waals surface area contributed by atoms with Gasteiger partial charge < -0.3 is 15.5 Å². The molecule has 0 fully saturated rings. The first kappa shape index (κ1) is 27.8. The summed E-state index contributed by atoms with van der Waals surface area (Å²) in [5, 5.41) is 6.54. The van der Waals surface area contributed by atoms with Gasteiger partial charge in [-0.15, -0.1) is 0 Å². The Kier molecular flexibility index (Phi) is 8.99. The summed E-state index contributed by atoms with van der Waals surface area (Å²) in [5.74, 6) is -0.300. The van der Waals surface area contributed by atoms with Crippen LogP contribution in [-0.2, 0) is 6.42 Å². The third-order valence-electron chi connectivity index (χ3n) is 6.58. The molecule has 2 unspecified atom stereocenters. The quantitative estimate of drug-likeness (QED) is 0.308.